The van der Waals surface area contributed by atoms with Crippen LogP contribution in [0.3, 0.4) is 0 Å². The van der Waals surface area contributed by atoms with Gasteiger partial charge >= 0.3 is 0 Å². The molecule has 0 spiro atoms. The molecule has 0 bridgehead atoms. The predicted molar refractivity (Wildman–Crippen MR) is 88.0 cm³/mol. The summed E-state index contributed by atoms with van der Waals surface area (Å²) >= 11 is 6.17. The molecular weight excluding hydrogens is 298 g/mol. The van der Waals surface area contributed by atoms with Crippen molar-refractivity contribution in [3.05, 3.63) is 64.2 Å². The molecule has 0 saturated carbocycles. The smallest absolute Gasteiger partial charge is 0.253 e. The molecule has 0 aliphatic rings. The Labute approximate surface area is 134 Å². The lowest BCUT2D eigenvalue weighted by Gasteiger charge is -2.14. The van der Waals surface area contributed by atoms with Crippen LogP contribution in [0.2, 0.25) is 5.02 Å². The van der Waals surface area contributed by atoms with E-state index in [0.717, 1.165) is 5.56 Å². The zero-order chi connectivity index (χ0) is 16.1. The van der Waals surface area contributed by atoms with E-state index in [2.05, 4.69) is 11.4 Å². The van der Waals surface area contributed by atoms with Gasteiger partial charge in [0.25, 0.3) is 5.91 Å². The Hall–Kier alpha value is -2.51. The van der Waals surface area contributed by atoms with Gasteiger partial charge in [-0.1, -0.05) is 29.8 Å². The fraction of sp³-hybridized carbons (Fsp3) is 0.176. The molecule has 0 saturated heterocycles. The van der Waals surface area contributed by atoms with Crippen molar-refractivity contribution in [2.24, 2.45) is 0 Å². The van der Waals surface area contributed by atoms with Crippen molar-refractivity contribution in [2.75, 3.05) is 19.4 Å². The molecule has 0 aromatic heterocycles. The molecule has 1 N–H and O–H groups in total. The molecule has 2 aromatic carbocycles. The third-order valence-electron chi connectivity index (χ3n) is 3.23. The van der Waals surface area contributed by atoms with Crippen molar-refractivity contribution in [1.29, 1.82) is 5.26 Å². The van der Waals surface area contributed by atoms with Gasteiger partial charge in [-0.15, -0.1) is 0 Å². The van der Waals surface area contributed by atoms with Gasteiger partial charge in [0.2, 0.25) is 0 Å². The molecule has 0 aliphatic heterocycles. The maximum atomic E-state index is 12.0. The highest BCUT2D eigenvalue weighted by Gasteiger charge is 2.11. The number of anilines is 1. The van der Waals surface area contributed by atoms with Crippen molar-refractivity contribution in [2.45, 2.75) is 6.54 Å². The van der Waals surface area contributed by atoms with Crippen LogP contribution in [0.5, 0.6) is 0 Å². The highest BCUT2D eigenvalue weighted by Crippen LogP contribution is 2.24. The second kappa shape index (κ2) is 6.97. The van der Waals surface area contributed by atoms with Crippen LogP contribution in [-0.4, -0.2) is 24.9 Å². The van der Waals surface area contributed by atoms with Crippen LogP contribution < -0.4 is 5.32 Å². The fourth-order valence-electron chi connectivity index (χ4n) is 2.03. The van der Waals surface area contributed by atoms with Crippen LogP contribution in [0.4, 0.5) is 5.69 Å². The Morgan fingerprint density at radius 1 is 1.27 bits per heavy atom. The topological polar surface area (TPSA) is 56.1 Å². The molecule has 0 heterocycles. The molecule has 0 aliphatic carbocycles. The number of carbonyl (C=O) groups is 1. The van der Waals surface area contributed by atoms with Crippen LogP contribution in [0.25, 0.3) is 0 Å². The molecule has 0 radical (unpaired) electrons. The van der Waals surface area contributed by atoms with E-state index in [1.54, 1.807) is 38.4 Å². The van der Waals surface area contributed by atoms with Gasteiger partial charge in [0, 0.05) is 26.2 Å². The maximum Gasteiger partial charge on any atom is 0.253 e. The van der Waals surface area contributed by atoms with Gasteiger partial charge in [-0.25, -0.2) is 0 Å². The second-order valence-electron chi connectivity index (χ2n) is 5.02. The van der Waals surface area contributed by atoms with E-state index in [1.807, 2.05) is 18.2 Å². The number of nitriles is 1. The third kappa shape index (κ3) is 3.57. The Bertz CT molecular complexity index is 735. The van der Waals surface area contributed by atoms with Crippen molar-refractivity contribution >= 4 is 23.2 Å². The first kappa shape index (κ1) is 15.9. The number of benzene rings is 2. The minimum absolute atomic E-state index is 0.0860. The number of nitrogens with zero attached hydrogens (tertiary/aromatic N) is 2. The molecular formula is C17H16ClN3O. The molecule has 4 nitrogen and oxygen atoms in total. The van der Waals surface area contributed by atoms with Gasteiger partial charge in [-0.3, -0.25) is 4.79 Å². The summed E-state index contributed by atoms with van der Waals surface area (Å²) < 4.78 is 0. The molecule has 0 unspecified atom stereocenters. The van der Waals surface area contributed by atoms with Crippen molar-refractivity contribution < 1.29 is 4.79 Å². The molecule has 112 valence electrons. The lowest BCUT2D eigenvalue weighted by molar-refractivity contribution is 0.0827. The highest BCUT2D eigenvalue weighted by atomic mass is 35.5. The van der Waals surface area contributed by atoms with Gasteiger partial charge in [0.1, 0.15) is 0 Å². The summed E-state index contributed by atoms with van der Waals surface area (Å²) in [5.41, 5.74) is 2.73. The summed E-state index contributed by atoms with van der Waals surface area (Å²) in [6, 6.07) is 14.6. The van der Waals surface area contributed by atoms with E-state index < -0.39 is 0 Å². The van der Waals surface area contributed by atoms with E-state index in [-0.39, 0.29) is 5.91 Å². The van der Waals surface area contributed by atoms with Gasteiger partial charge in [-0.2, -0.15) is 5.26 Å². The lowest BCUT2D eigenvalue weighted by Crippen LogP contribution is -2.21. The summed E-state index contributed by atoms with van der Waals surface area (Å²) in [6.45, 7) is 0.461. The van der Waals surface area contributed by atoms with E-state index in [9.17, 15) is 4.79 Å². The maximum absolute atomic E-state index is 12.0. The number of nitrogens with one attached hydrogen (secondary N) is 1. The lowest BCUT2D eigenvalue weighted by atomic mass is 10.1. The zero-order valence-electron chi connectivity index (χ0n) is 12.4. The van der Waals surface area contributed by atoms with Crippen molar-refractivity contribution in [3.8, 4) is 6.07 Å². The van der Waals surface area contributed by atoms with Crippen LogP contribution in [0.1, 0.15) is 21.5 Å². The average Bonchev–Trinajstić information content (AvgIpc) is 2.53. The Kier molecular flexibility index (Phi) is 5.03. The van der Waals surface area contributed by atoms with Crippen LogP contribution >= 0.6 is 11.6 Å². The predicted octanol–water partition coefficient (Wildman–Crippen LogP) is 3.53. The van der Waals surface area contributed by atoms with Gasteiger partial charge < -0.3 is 10.2 Å². The Balaban J connectivity index is 2.21. The molecule has 1 amide bonds. The number of halogens is 1. The Morgan fingerprint density at radius 3 is 2.68 bits per heavy atom. The van der Waals surface area contributed by atoms with E-state index in [1.165, 1.54) is 4.90 Å². The number of carbonyl (C=O) groups excluding carboxylic acids is 1. The largest absolute Gasteiger partial charge is 0.380 e. The van der Waals surface area contributed by atoms with E-state index in [0.29, 0.717) is 28.4 Å². The van der Waals surface area contributed by atoms with Crippen molar-refractivity contribution in [1.82, 2.24) is 4.90 Å². The van der Waals surface area contributed by atoms with Crippen molar-refractivity contribution in [3.63, 3.8) is 0 Å². The number of hydrogen-bond acceptors (Lipinski definition) is 3. The minimum Gasteiger partial charge on any atom is -0.380 e. The fourth-order valence-corrected chi connectivity index (χ4v) is 2.21. The first-order valence-electron chi connectivity index (χ1n) is 6.76. The summed E-state index contributed by atoms with van der Waals surface area (Å²) in [4.78, 5) is 13.5. The summed E-state index contributed by atoms with van der Waals surface area (Å²) in [7, 11) is 3.40. The number of hydrogen-bond donors (Lipinski definition) is 1. The van der Waals surface area contributed by atoms with E-state index in [4.69, 9.17) is 16.9 Å². The summed E-state index contributed by atoms with van der Waals surface area (Å²) in [6.07, 6.45) is 0. The van der Waals surface area contributed by atoms with Crippen LogP contribution in [0.15, 0.2) is 42.5 Å². The van der Waals surface area contributed by atoms with Gasteiger partial charge in [-0.05, 0) is 29.8 Å². The number of rotatable bonds is 4. The minimum atomic E-state index is -0.0860. The Morgan fingerprint density at radius 2 is 2.00 bits per heavy atom. The average molecular weight is 314 g/mol. The molecule has 2 rings (SSSR count). The van der Waals surface area contributed by atoms with E-state index >= 15 is 0 Å². The quantitative estimate of drug-likeness (QED) is 0.939. The first-order chi connectivity index (χ1) is 10.5. The molecule has 5 heteroatoms. The molecule has 22 heavy (non-hydrogen) atoms. The normalized spacial score (nSPS) is 9.91. The zero-order valence-corrected chi connectivity index (χ0v) is 13.2. The third-order valence-corrected chi connectivity index (χ3v) is 3.56. The van der Waals surface area contributed by atoms with Gasteiger partial charge in [0.05, 0.1) is 22.3 Å². The summed E-state index contributed by atoms with van der Waals surface area (Å²) in [5, 5.41) is 12.8. The monoisotopic (exact) mass is 313 g/mol. The second-order valence-corrected chi connectivity index (χ2v) is 5.42. The number of amides is 1. The SMILES string of the molecule is CN(C)C(=O)c1ccc(Cl)c(NCc2ccccc2C#N)c1. The molecule has 0 atom stereocenters. The highest BCUT2D eigenvalue weighted by molar-refractivity contribution is 6.33. The molecule has 2 aromatic rings. The standard InChI is InChI=1S/C17H16ClN3O/c1-21(2)17(22)12-7-8-15(18)16(9-12)20-11-14-6-4-3-5-13(14)10-19/h3-9,20H,11H2,1-2H3. The van der Waals surface area contributed by atoms with Crippen LogP contribution in [-0.2, 0) is 6.54 Å². The van der Waals surface area contributed by atoms with Gasteiger partial charge in [0.15, 0.2) is 0 Å². The summed E-state index contributed by atoms with van der Waals surface area (Å²) in [5.74, 6) is -0.0860. The molecule has 0 fully saturated rings. The first-order valence-corrected chi connectivity index (χ1v) is 7.14. The van der Waals surface area contributed by atoms with Crippen LogP contribution in [0, 0.1) is 11.3 Å².